The van der Waals surface area contributed by atoms with Gasteiger partial charge in [-0.2, -0.15) is 0 Å². The van der Waals surface area contributed by atoms with Crippen molar-refractivity contribution in [3.05, 3.63) is 59.1 Å². The Labute approximate surface area is 142 Å². The quantitative estimate of drug-likeness (QED) is 0.465. The number of aliphatic imine (C=N–C) groups is 1. The number of halogens is 1. The van der Waals surface area contributed by atoms with Crippen LogP contribution in [0.5, 0.6) is 0 Å². The first kappa shape index (κ1) is 17.2. The molecule has 6 heteroatoms. The zero-order valence-corrected chi connectivity index (χ0v) is 14.1. The van der Waals surface area contributed by atoms with E-state index in [1.165, 1.54) is 0 Å². The van der Waals surface area contributed by atoms with Gasteiger partial charge in [0.15, 0.2) is 5.96 Å². The molecule has 23 heavy (non-hydrogen) atoms. The highest BCUT2D eigenvalue weighted by Gasteiger charge is 1.99. The largest absolute Gasteiger partial charge is 0.357 e. The molecule has 2 aromatic heterocycles. The summed E-state index contributed by atoms with van der Waals surface area (Å²) in [5.74, 6) is 0.824. The standard InChI is InChI=1S/C17H22ClN5/c1-2-19-17(22-12-9-15-5-3-4-10-20-15)21-11-8-14-6-7-16(18)23-13-14/h3-7,10,13H,2,8-9,11-12H2,1H3,(H2,19,21,22). The Balaban J connectivity index is 1.78. The molecule has 0 atom stereocenters. The fourth-order valence-electron chi connectivity index (χ4n) is 2.05. The smallest absolute Gasteiger partial charge is 0.191 e. The summed E-state index contributed by atoms with van der Waals surface area (Å²) in [6, 6.07) is 9.73. The van der Waals surface area contributed by atoms with E-state index in [2.05, 4.69) is 32.5 Å². The average Bonchev–Trinajstić information content (AvgIpc) is 2.58. The number of hydrogen-bond donors (Lipinski definition) is 2. The number of hydrogen-bond acceptors (Lipinski definition) is 3. The predicted octanol–water partition coefficient (Wildman–Crippen LogP) is 2.47. The zero-order valence-electron chi connectivity index (χ0n) is 13.3. The van der Waals surface area contributed by atoms with Crippen molar-refractivity contribution in [2.45, 2.75) is 19.8 Å². The third kappa shape index (κ3) is 6.65. The second kappa shape index (κ2) is 9.79. The number of nitrogens with zero attached hydrogens (tertiary/aromatic N) is 3. The molecule has 0 amide bonds. The highest BCUT2D eigenvalue weighted by molar-refractivity contribution is 6.29. The van der Waals surface area contributed by atoms with E-state index in [-0.39, 0.29) is 0 Å². The van der Waals surface area contributed by atoms with Gasteiger partial charge in [-0.15, -0.1) is 0 Å². The van der Waals surface area contributed by atoms with Crippen molar-refractivity contribution >= 4 is 17.6 Å². The topological polar surface area (TPSA) is 62.2 Å². The first-order chi connectivity index (χ1) is 11.3. The molecule has 2 N–H and O–H groups in total. The Hall–Kier alpha value is -2.14. The van der Waals surface area contributed by atoms with E-state index in [1.54, 1.807) is 6.20 Å². The van der Waals surface area contributed by atoms with Crippen molar-refractivity contribution in [1.29, 1.82) is 0 Å². The minimum absolute atomic E-state index is 0.520. The highest BCUT2D eigenvalue weighted by Crippen LogP contribution is 2.05. The molecule has 0 fully saturated rings. The molecule has 0 aliphatic heterocycles. The van der Waals surface area contributed by atoms with Crippen molar-refractivity contribution in [3.63, 3.8) is 0 Å². The molecule has 2 heterocycles. The lowest BCUT2D eigenvalue weighted by Gasteiger charge is -2.11. The molecule has 0 bridgehead atoms. The van der Waals surface area contributed by atoms with E-state index in [9.17, 15) is 0 Å². The lowest BCUT2D eigenvalue weighted by Crippen LogP contribution is -2.38. The van der Waals surface area contributed by atoms with Crippen LogP contribution in [0.3, 0.4) is 0 Å². The summed E-state index contributed by atoms with van der Waals surface area (Å²) in [4.78, 5) is 13.0. The van der Waals surface area contributed by atoms with Gasteiger partial charge in [0.05, 0.1) is 0 Å². The molecule has 122 valence electrons. The monoisotopic (exact) mass is 331 g/mol. The average molecular weight is 332 g/mol. The minimum Gasteiger partial charge on any atom is -0.357 e. The van der Waals surface area contributed by atoms with Gasteiger partial charge in [-0.25, -0.2) is 4.98 Å². The van der Waals surface area contributed by atoms with Crippen LogP contribution < -0.4 is 10.6 Å². The summed E-state index contributed by atoms with van der Waals surface area (Å²) >= 11 is 5.78. The fraction of sp³-hybridized carbons (Fsp3) is 0.353. The molecule has 5 nitrogen and oxygen atoms in total. The Bertz CT molecular complexity index is 598. The van der Waals surface area contributed by atoms with Crippen LogP contribution in [0.15, 0.2) is 47.7 Å². The molecule has 0 unspecified atom stereocenters. The SMILES string of the molecule is CCNC(=NCCc1ccccn1)NCCc1ccc(Cl)nc1. The van der Waals surface area contributed by atoms with E-state index in [4.69, 9.17) is 11.6 Å². The summed E-state index contributed by atoms with van der Waals surface area (Å²) in [6.07, 6.45) is 5.31. The number of pyridine rings is 2. The second-order valence-electron chi connectivity index (χ2n) is 5.00. The molecule has 2 rings (SSSR count). The fourth-order valence-corrected chi connectivity index (χ4v) is 2.16. The van der Waals surface area contributed by atoms with Crippen LogP contribution in [0.1, 0.15) is 18.2 Å². The Morgan fingerprint density at radius 1 is 1.13 bits per heavy atom. The van der Waals surface area contributed by atoms with Crippen molar-refractivity contribution in [2.24, 2.45) is 4.99 Å². The van der Waals surface area contributed by atoms with Gasteiger partial charge < -0.3 is 10.6 Å². The molecular formula is C17H22ClN5. The first-order valence-corrected chi connectivity index (χ1v) is 8.18. The Morgan fingerprint density at radius 3 is 2.74 bits per heavy atom. The summed E-state index contributed by atoms with van der Waals surface area (Å²) < 4.78 is 0. The van der Waals surface area contributed by atoms with Gasteiger partial charge in [0.1, 0.15) is 5.15 Å². The molecule has 0 saturated heterocycles. The molecule has 0 radical (unpaired) electrons. The van der Waals surface area contributed by atoms with Crippen molar-refractivity contribution in [2.75, 3.05) is 19.6 Å². The number of guanidine groups is 1. The maximum atomic E-state index is 5.78. The minimum atomic E-state index is 0.520. The third-order valence-corrected chi connectivity index (χ3v) is 3.43. The van der Waals surface area contributed by atoms with Crippen LogP contribution in [-0.4, -0.2) is 35.6 Å². The van der Waals surface area contributed by atoms with E-state index in [1.807, 2.05) is 36.5 Å². The van der Waals surface area contributed by atoms with Gasteiger partial charge in [0, 0.05) is 44.1 Å². The first-order valence-electron chi connectivity index (χ1n) is 7.80. The van der Waals surface area contributed by atoms with Gasteiger partial charge in [-0.3, -0.25) is 9.98 Å². The lowest BCUT2D eigenvalue weighted by atomic mass is 10.2. The van der Waals surface area contributed by atoms with E-state index in [0.717, 1.165) is 43.1 Å². The van der Waals surface area contributed by atoms with Crippen molar-refractivity contribution < 1.29 is 0 Å². The zero-order chi connectivity index (χ0) is 16.3. The molecule has 0 aliphatic rings. The maximum absolute atomic E-state index is 5.78. The number of nitrogens with one attached hydrogen (secondary N) is 2. The normalized spacial score (nSPS) is 11.3. The van der Waals surface area contributed by atoms with E-state index in [0.29, 0.717) is 11.7 Å². The summed E-state index contributed by atoms with van der Waals surface area (Å²) in [5.41, 5.74) is 2.20. The van der Waals surface area contributed by atoms with Gasteiger partial charge >= 0.3 is 0 Å². The van der Waals surface area contributed by atoms with Crippen LogP contribution in [0.25, 0.3) is 0 Å². The summed E-state index contributed by atoms with van der Waals surface area (Å²) in [5, 5.41) is 7.09. The molecule has 0 saturated carbocycles. The van der Waals surface area contributed by atoms with Gasteiger partial charge in [-0.05, 0) is 37.1 Å². The molecule has 0 spiro atoms. The maximum Gasteiger partial charge on any atom is 0.191 e. The molecule has 2 aromatic rings. The van der Waals surface area contributed by atoms with Crippen LogP contribution >= 0.6 is 11.6 Å². The highest BCUT2D eigenvalue weighted by atomic mass is 35.5. The van der Waals surface area contributed by atoms with Crippen molar-refractivity contribution in [3.8, 4) is 0 Å². The van der Waals surface area contributed by atoms with E-state index < -0.39 is 0 Å². The Kier molecular flexibility index (Phi) is 7.33. The molecule has 0 aliphatic carbocycles. The predicted molar refractivity (Wildman–Crippen MR) is 94.9 cm³/mol. The lowest BCUT2D eigenvalue weighted by molar-refractivity contribution is 0.793. The third-order valence-electron chi connectivity index (χ3n) is 3.20. The van der Waals surface area contributed by atoms with E-state index >= 15 is 0 Å². The number of aromatic nitrogens is 2. The van der Waals surface area contributed by atoms with Gasteiger partial charge in [0.2, 0.25) is 0 Å². The van der Waals surface area contributed by atoms with Crippen LogP contribution in [0, 0.1) is 0 Å². The second-order valence-corrected chi connectivity index (χ2v) is 5.38. The van der Waals surface area contributed by atoms with Gasteiger partial charge in [0.25, 0.3) is 0 Å². The Morgan fingerprint density at radius 2 is 2.04 bits per heavy atom. The number of rotatable bonds is 7. The summed E-state index contributed by atoms with van der Waals surface area (Å²) in [6.45, 7) is 4.38. The van der Waals surface area contributed by atoms with Crippen LogP contribution in [-0.2, 0) is 12.8 Å². The molecular weight excluding hydrogens is 310 g/mol. The van der Waals surface area contributed by atoms with Crippen LogP contribution in [0.2, 0.25) is 5.15 Å². The van der Waals surface area contributed by atoms with Crippen LogP contribution in [0.4, 0.5) is 0 Å². The van der Waals surface area contributed by atoms with Crippen molar-refractivity contribution in [1.82, 2.24) is 20.6 Å². The van der Waals surface area contributed by atoms with Gasteiger partial charge in [-0.1, -0.05) is 23.7 Å². The molecule has 0 aromatic carbocycles. The summed E-state index contributed by atoms with van der Waals surface area (Å²) in [7, 11) is 0.